The van der Waals surface area contributed by atoms with Gasteiger partial charge in [0.1, 0.15) is 19.0 Å². The van der Waals surface area contributed by atoms with Crippen LogP contribution in [0.4, 0.5) is 5.69 Å². The van der Waals surface area contributed by atoms with Crippen molar-refractivity contribution in [2.75, 3.05) is 31.1 Å². The van der Waals surface area contributed by atoms with Gasteiger partial charge < -0.3 is 19.5 Å². The number of likely N-dealkylation sites (tertiary alicyclic amines) is 1. The number of hydrogen-bond acceptors (Lipinski definition) is 4. The maximum absolute atomic E-state index is 14.3. The van der Waals surface area contributed by atoms with Gasteiger partial charge in [0.05, 0.1) is 11.1 Å². The Hall–Kier alpha value is -2.91. The first kappa shape index (κ1) is 30.1. The smallest absolute Gasteiger partial charge is 0.242 e. The van der Waals surface area contributed by atoms with Gasteiger partial charge in [-0.3, -0.25) is 9.59 Å². The van der Waals surface area contributed by atoms with Crippen LogP contribution in [0.1, 0.15) is 75.5 Å². The van der Waals surface area contributed by atoms with Crippen LogP contribution in [0.25, 0.3) is 22.3 Å². The van der Waals surface area contributed by atoms with E-state index >= 15 is 0 Å². The van der Waals surface area contributed by atoms with Gasteiger partial charge in [-0.1, -0.05) is 46.3 Å². The Bertz CT molecular complexity index is 1500. The second-order valence-electron chi connectivity index (χ2n) is 14.2. The van der Waals surface area contributed by atoms with E-state index in [0.29, 0.717) is 6.73 Å². The standard InChI is InChI=1S/C34H49N5O3Si/c1-6-13-34(14-7-2)27-20-28-26(19-29(27)39(33(34)41)22-30(40)37-15-8-9-16-37)25-12-10-11-24-21-38(36-31(24)32(25)35-28)23-42-17-18-43(3,4)5/h19-21,35H,6-18,22-23H2,1-5H3. The Morgan fingerprint density at radius 3 is 2.51 bits per heavy atom. The molecule has 2 aromatic heterocycles. The fourth-order valence-electron chi connectivity index (χ4n) is 7.57. The molecule has 3 aliphatic rings. The number of amides is 2. The molecule has 232 valence electrons. The number of H-pyrrole nitrogens is 1. The van der Waals surface area contributed by atoms with E-state index in [4.69, 9.17) is 9.84 Å². The first-order valence-electron chi connectivity index (χ1n) is 16.6. The molecule has 2 aliphatic heterocycles. The number of ether oxygens (including phenoxy) is 1. The summed E-state index contributed by atoms with van der Waals surface area (Å²) in [6.45, 7) is 14.4. The highest BCUT2D eigenvalue weighted by Gasteiger charge is 2.50. The topological polar surface area (TPSA) is 83.5 Å². The van der Waals surface area contributed by atoms with Crippen molar-refractivity contribution in [1.29, 1.82) is 0 Å². The number of benzene rings is 1. The highest BCUT2D eigenvalue weighted by molar-refractivity contribution is 6.76. The number of carbonyl (C=O) groups excluding carboxylic acids is 2. The van der Waals surface area contributed by atoms with E-state index in [2.05, 4.69) is 56.8 Å². The van der Waals surface area contributed by atoms with Crippen LogP contribution in [0, 0.1) is 0 Å². The van der Waals surface area contributed by atoms with Crippen LogP contribution >= 0.6 is 0 Å². The maximum Gasteiger partial charge on any atom is 0.242 e. The van der Waals surface area contributed by atoms with Crippen LogP contribution in [0.3, 0.4) is 0 Å². The summed E-state index contributed by atoms with van der Waals surface area (Å²) in [5.74, 6) is 0.170. The van der Waals surface area contributed by atoms with Crippen molar-refractivity contribution in [3.05, 3.63) is 35.0 Å². The number of fused-ring (bicyclic) bond motifs is 6. The SMILES string of the molecule is CCCC1(CCC)C(=O)N(CC(=O)N2CCCC2)c2cc3c4c([nH]c3cc21)-c1nn(COCC[Si](C)(C)C)cc1CCC4. The van der Waals surface area contributed by atoms with Crippen LogP contribution in [0.2, 0.25) is 25.7 Å². The van der Waals surface area contributed by atoms with E-state index in [-0.39, 0.29) is 18.4 Å². The number of aryl methyl sites for hydroxylation is 2. The highest BCUT2D eigenvalue weighted by atomic mass is 28.3. The fourth-order valence-corrected chi connectivity index (χ4v) is 8.33. The number of anilines is 1. The molecule has 9 heteroatoms. The summed E-state index contributed by atoms with van der Waals surface area (Å²) >= 11 is 0. The van der Waals surface area contributed by atoms with Crippen LogP contribution in [0.15, 0.2) is 18.3 Å². The Balaban J connectivity index is 1.38. The van der Waals surface area contributed by atoms with Crippen LogP contribution in [-0.4, -0.2) is 65.8 Å². The third-order valence-corrected chi connectivity index (χ3v) is 11.5. The number of nitrogens with zero attached hydrogens (tertiary/aromatic N) is 4. The molecule has 6 rings (SSSR count). The maximum atomic E-state index is 14.3. The second-order valence-corrected chi connectivity index (χ2v) is 19.8. The fraction of sp³-hybridized carbons (Fsp3) is 0.618. The van der Waals surface area contributed by atoms with Crippen molar-refractivity contribution < 1.29 is 14.3 Å². The number of carbonyl (C=O) groups is 2. The molecule has 4 heterocycles. The van der Waals surface area contributed by atoms with Crippen LogP contribution in [-0.2, 0) is 39.3 Å². The van der Waals surface area contributed by atoms with Crippen molar-refractivity contribution in [3.8, 4) is 11.4 Å². The normalized spacial score (nSPS) is 17.8. The molecule has 1 aliphatic carbocycles. The van der Waals surface area contributed by atoms with Gasteiger partial charge in [0.25, 0.3) is 0 Å². The first-order valence-corrected chi connectivity index (χ1v) is 20.3. The molecule has 0 saturated carbocycles. The molecule has 1 fully saturated rings. The van der Waals surface area contributed by atoms with Gasteiger partial charge >= 0.3 is 0 Å². The first-order chi connectivity index (χ1) is 20.6. The minimum Gasteiger partial charge on any atom is -0.360 e. The summed E-state index contributed by atoms with van der Waals surface area (Å²) in [6.07, 6.45) is 10.6. The third kappa shape index (κ3) is 5.59. The molecule has 0 bridgehead atoms. The summed E-state index contributed by atoms with van der Waals surface area (Å²) in [5.41, 5.74) is 7.13. The molecular formula is C34H49N5O3Si. The largest absolute Gasteiger partial charge is 0.360 e. The molecule has 2 amide bonds. The highest BCUT2D eigenvalue weighted by Crippen LogP contribution is 2.50. The minimum atomic E-state index is -1.14. The van der Waals surface area contributed by atoms with E-state index in [0.717, 1.165) is 117 Å². The summed E-state index contributed by atoms with van der Waals surface area (Å²) in [7, 11) is -1.14. The summed E-state index contributed by atoms with van der Waals surface area (Å²) in [4.78, 5) is 35.2. The number of aromatic amines is 1. The zero-order valence-electron chi connectivity index (χ0n) is 26.9. The van der Waals surface area contributed by atoms with Gasteiger partial charge in [-0.2, -0.15) is 5.10 Å². The van der Waals surface area contributed by atoms with Gasteiger partial charge in [0, 0.05) is 50.6 Å². The number of nitrogens with one attached hydrogen (secondary N) is 1. The molecule has 0 unspecified atom stereocenters. The van der Waals surface area contributed by atoms with Gasteiger partial charge in [-0.05, 0) is 79.8 Å². The summed E-state index contributed by atoms with van der Waals surface area (Å²) in [6, 6.07) is 5.59. The Morgan fingerprint density at radius 1 is 1.07 bits per heavy atom. The van der Waals surface area contributed by atoms with E-state index in [9.17, 15) is 9.59 Å². The quantitative estimate of drug-likeness (QED) is 0.197. The molecule has 0 spiro atoms. The van der Waals surface area contributed by atoms with Crippen molar-refractivity contribution in [1.82, 2.24) is 19.7 Å². The molecule has 1 saturated heterocycles. The predicted molar refractivity (Wildman–Crippen MR) is 175 cm³/mol. The lowest BCUT2D eigenvalue weighted by atomic mass is 9.74. The van der Waals surface area contributed by atoms with Gasteiger partial charge in [0.2, 0.25) is 11.8 Å². The zero-order valence-corrected chi connectivity index (χ0v) is 27.9. The number of hydrogen-bond donors (Lipinski definition) is 1. The molecule has 0 atom stereocenters. The Kier molecular flexibility index (Phi) is 8.32. The molecule has 43 heavy (non-hydrogen) atoms. The van der Waals surface area contributed by atoms with E-state index in [1.807, 2.05) is 14.5 Å². The molecule has 3 aromatic rings. The van der Waals surface area contributed by atoms with Crippen LogP contribution in [0.5, 0.6) is 0 Å². The molecule has 1 aromatic carbocycles. The van der Waals surface area contributed by atoms with Gasteiger partial charge in [-0.15, -0.1) is 0 Å². The van der Waals surface area contributed by atoms with Crippen molar-refractivity contribution in [3.63, 3.8) is 0 Å². The summed E-state index contributed by atoms with van der Waals surface area (Å²) < 4.78 is 7.97. The van der Waals surface area contributed by atoms with E-state index in [1.54, 1.807) is 0 Å². The van der Waals surface area contributed by atoms with Crippen LogP contribution < -0.4 is 4.90 Å². The molecule has 0 radical (unpaired) electrons. The average Bonchev–Trinajstić information content (AvgIpc) is 3.73. The molecule has 8 nitrogen and oxygen atoms in total. The average molecular weight is 604 g/mol. The lowest BCUT2D eigenvalue weighted by molar-refractivity contribution is -0.131. The minimum absolute atomic E-state index is 0.0656. The third-order valence-electron chi connectivity index (χ3n) is 9.76. The van der Waals surface area contributed by atoms with Gasteiger partial charge in [0.15, 0.2) is 0 Å². The molecule has 1 N–H and O–H groups in total. The lowest BCUT2D eigenvalue weighted by Gasteiger charge is -2.28. The predicted octanol–water partition coefficient (Wildman–Crippen LogP) is 6.64. The number of rotatable bonds is 11. The number of aromatic nitrogens is 3. The Morgan fingerprint density at radius 2 is 1.81 bits per heavy atom. The van der Waals surface area contributed by atoms with Crippen molar-refractivity contribution >= 4 is 36.5 Å². The van der Waals surface area contributed by atoms with Crippen molar-refractivity contribution in [2.45, 2.75) is 109 Å². The Labute approximate surface area is 257 Å². The molecular weight excluding hydrogens is 554 g/mol. The monoisotopic (exact) mass is 603 g/mol. The summed E-state index contributed by atoms with van der Waals surface area (Å²) in [5, 5.41) is 6.17. The zero-order chi connectivity index (χ0) is 30.4. The van der Waals surface area contributed by atoms with E-state index < -0.39 is 13.5 Å². The second kappa shape index (κ2) is 11.9. The van der Waals surface area contributed by atoms with Gasteiger partial charge in [-0.25, -0.2) is 4.68 Å². The van der Waals surface area contributed by atoms with E-state index in [1.165, 1.54) is 11.1 Å². The van der Waals surface area contributed by atoms with Crippen molar-refractivity contribution in [2.24, 2.45) is 0 Å². The lowest BCUT2D eigenvalue weighted by Crippen LogP contribution is -2.45.